The Morgan fingerprint density at radius 3 is 1.68 bits per heavy atom. The Bertz CT molecular complexity index is 260. The number of benzene rings is 1. The molecular formula is C13H23AlNaO4. The molecule has 0 N–H and O–H groups in total. The maximum Gasteiger partial charge on any atom is 1.00 e. The quantitative estimate of drug-likeness (QED) is 0.453. The maximum absolute atomic E-state index is 5.10. The Balaban J connectivity index is -0.000000280. The average molecular weight is 293 g/mol. The number of ether oxygens (including phenoxy) is 2. The van der Waals surface area contributed by atoms with E-state index in [1.165, 1.54) is 5.56 Å². The van der Waals surface area contributed by atoms with Crippen molar-refractivity contribution in [1.29, 1.82) is 0 Å². The van der Waals surface area contributed by atoms with E-state index in [0.717, 1.165) is 0 Å². The van der Waals surface area contributed by atoms with Crippen LogP contribution in [0.5, 0.6) is 0 Å². The molecule has 103 valence electrons. The third kappa shape index (κ3) is 18.6. The summed E-state index contributed by atoms with van der Waals surface area (Å²) >= 11 is -0.349. The van der Waals surface area contributed by atoms with Crippen LogP contribution in [0.25, 0.3) is 0 Å². The molecule has 0 aliphatic carbocycles. The van der Waals surface area contributed by atoms with Gasteiger partial charge in [-0.25, -0.2) is 0 Å². The summed E-state index contributed by atoms with van der Waals surface area (Å²) in [6, 6.07) is 10.3. The molecule has 1 aromatic carbocycles. The molecule has 6 heteroatoms. The van der Waals surface area contributed by atoms with Gasteiger partial charge in [0.15, 0.2) is 0 Å². The summed E-state index contributed by atoms with van der Waals surface area (Å²) in [6.07, 6.45) is 0. The summed E-state index contributed by atoms with van der Waals surface area (Å²) in [7, 11) is 3.29. The van der Waals surface area contributed by atoms with Gasteiger partial charge in [0.1, 0.15) is 0 Å². The van der Waals surface area contributed by atoms with Crippen molar-refractivity contribution in [2.45, 2.75) is 6.92 Å². The molecule has 0 aromatic heterocycles. The molecule has 19 heavy (non-hydrogen) atoms. The molecular weight excluding hydrogens is 270 g/mol. The van der Waals surface area contributed by atoms with Gasteiger partial charge >= 0.3 is 45.4 Å². The van der Waals surface area contributed by atoms with Crippen LogP contribution in [0, 0.1) is 6.92 Å². The van der Waals surface area contributed by atoms with Crippen molar-refractivity contribution in [1.82, 2.24) is 0 Å². The molecule has 0 bridgehead atoms. The van der Waals surface area contributed by atoms with Crippen molar-refractivity contribution in [3.05, 3.63) is 35.9 Å². The molecule has 0 spiro atoms. The Morgan fingerprint density at radius 2 is 1.37 bits per heavy atom. The van der Waals surface area contributed by atoms with Crippen molar-refractivity contribution in [3.63, 3.8) is 0 Å². The third-order valence-electron chi connectivity index (χ3n) is 1.89. The van der Waals surface area contributed by atoms with E-state index in [4.69, 9.17) is 17.1 Å². The molecule has 1 rings (SSSR count). The number of rotatable bonds is 8. The fourth-order valence-corrected chi connectivity index (χ4v) is 1.42. The third-order valence-corrected chi connectivity index (χ3v) is 2.63. The summed E-state index contributed by atoms with van der Waals surface area (Å²) in [5.74, 6) is 0. The van der Waals surface area contributed by atoms with Gasteiger partial charge in [0.2, 0.25) is 0 Å². The molecule has 1 aromatic rings. The molecule has 0 saturated carbocycles. The minimum atomic E-state index is -0.349. The summed E-state index contributed by atoms with van der Waals surface area (Å²) in [5, 5.41) is 0. The normalized spacial score (nSPS) is 9.00. The minimum absolute atomic E-state index is 0. The molecule has 0 aliphatic heterocycles. The van der Waals surface area contributed by atoms with E-state index in [9.17, 15) is 0 Å². The van der Waals surface area contributed by atoms with Crippen LogP contribution in [0.15, 0.2) is 30.3 Å². The van der Waals surface area contributed by atoms with Crippen LogP contribution in [-0.2, 0) is 17.1 Å². The van der Waals surface area contributed by atoms with E-state index in [-0.39, 0.29) is 46.9 Å². The fourth-order valence-electron chi connectivity index (χ4n) is 0.942. The first-order valence-corrected chi connectivity index (χ1v) is 6.80. The van der Waals surface area contributed by atoms with E-state index >= 15 is 0 Å². The Morgan fingerprint density at radius 1 is 0.895 bits per heavy atom. The molecule has 0 saturated heterocycles. The number of hydrogen-bond acceptors (Lipinski definition) is 4. The molecule has 0 aliphatic rings. The summed E-state index contributed by atoms with van der Waals surface area (Å²) in [5.41, 5.74) is 1.32. The molecule has 0 unspecified atom stereocenters. The second kappa shape index (κ2) is 18.6. The van der Waals surface area contributed by atoms with Crippen LogP contribution in [0.1, 0.15) is 6.99 Å². The minimum Gasteiger partial charge on any atom is -1.00 e. The van der Waals surface area contributed by atoms with E-state index < -0.39 is 0 Å². The van der Waals surface area contributed by atoms with Crippen molar-refractivity contribution < 1.29 is 48.0 Å². The monoisotopic (exact) mass is 293 g/mol. The van der Waals surface area contributed by atoms with Crippen molar-refractivity contribution >= 4 is 15.9 Å². The van der Waals surface area contributed by atoms with Gasteiger partial charge in [-0.15, -0.1) is 0 Å². The second-order valence-corrected chi connectivity index (χ2v) is 4.34. The first-order chi connectivity index (χ1) is 8.81. The van der Waals surface area contributed by atoms with Crippen LogP contribution in [0.3, 0.4) is 0 Å². The van der Waals surface area contributed by atoms with Crippen LogP contribution in [-0.4, -0.2) is 56.5 Å². The first-order valence-electron chi connectivity index (χ1n) is 5.85. The number of hydrogen-bond donors (Lipinski definition) is 0. The van der Waals surface area contributed by atoms with E-state index in [1.807, 2.05) is 18.2 Å². The van der Waals surface area contributed by atoms with E-state index in [1.54, 1.807) is 14.2 Å². The summed E-state index contributed by atoms with van der Waals surface area (Å²) in [4.78, 5) is 0. The zero-order valence-electron chi connectivity index (χ0n) is 13.4. The number of aryl methyl sites for hydroxylation is 1. The van der Waals surface area contributed by atoms with Gasteiger partial charge in [0, 0.05) is 27.4 Å². The van der Waals surface area contributed by atoms with Crippen molar-refractivity contribution in [3.8, 4) is 0 Å². The zero-order valence-corrected chi connectivity index (χ0v) is 15.6. The van der Waals surface area contributed by atoms with Crippen LogP contribution < -0.4 is 29.6 Å². The molecule has 0 amide bonds. The summed E-state index contributed by atoms with van der Waals surface area (Å²) < 4.78 is 19.8. The van der Waals surface area contributed by atoms with Crippen LogP contribution in [0.2, 0.25) is 0 Å². The van der Waals surface area contributed by atoms with Gasteiger partial charge in [-0.3, -0.25) is 0 Å². The number of methoxy groups -OCH3 is 2. The Hall–Kier alpha value is 0.592. The molecule has 0 atom stereocenters. The SMILES string of the molecule is COCC[O][Al][O]CCOC.Cc1ccccc1.[H-].[Na+]. The summed E-state index contributed by atoms with van der Waals surface area (Å²) in [6.45, 7) is 4.55. The molecule has 1 radical (unpaired) electrons. The zero-order chi connectivity index (χ0) is 13.5. The molecule has 0 fully saturated rings. The van der Waals surface area contributed by atoms with Crippen molar-refractivity contribution in [2.24, 2.45) is 0 Å². The van der Waals surface area contributed by atoms with Crippen LogP contribution >= 0.6 is 0 Å². The van der Waals surface area contributed by atoms with Gasteiger partial charge in [0.25, 0.3) is 0 Å². The first kappa shape index (κ1) is 21.9. The largest absolute Gasteiger partial charge is 1.00 e. The molecule has 4 nitrogen and oxygen atoms in total. The van der Waals surface area contributed by atoms with Gasteiger partial charge < -0.3 is 18.5 Å². The predicted octanol–water partition coefficient (Wildman–Crippen LogP) is -1.04. The van der Waals surface area contributed by atoms with Gasteiger partial charge in [0.05, 0.1) is 13.2 Å². The standard InChI is InChI=1S/C7H8.2C3H7O2.Al.Na.H/c1-7-5-3-2-4-6-7;2*1-5-3-2-4;;;/h2-6H,1H3;2*2-3H2,1H3;;;/q;2*-1;+2;+1;-1. The topological polar surface area (TPSA) is 36.9 Å². The van der Waals surface area contributed by atoms with Crippen molar-refractivity contribution in [2.75, 3.05) is 40.6 Å². The maximum atomic E-state index is 5.10. The smallest absolute Gasteiger partial charge is 1.00 e. The van der Waals surface area contributed by atoms with E-state index in [0.29, 0.717) is 26.4 Å². The predicted molar refractivity (Wildman–Crippen MR) is 73.7 cm³/mol. The van der Waals surface area contributed by atoms with Gasteiger partial charge in [-0.1, -0.05) is 35.9 Å². The second-order valence-electron chi connectivity index (χ2n) is 3.48. The fraction of sp³-hybridized carbons (Fsp3) is 0.538. The van der Waals surface area contributed by atoms with E-state index in [2.05, 4.69) is 19.1 Å². The Kier molecular flexibility index (Phi) is 21.4. The Labute approximate surface area is 146 Å². The molecule has 0 heterocycles. The van der Waals surface area contributed by atoms with Crippen LogP contribution in [0.4, 0.5) is 0 Å². The average Bonchev–Trinajstić information content (AvgIpc) is 2.39. The van der Waals surface area contributed by atoms with Gasteiger partial charge in [-0.2, -0.15) is 0 Å². The van der Waals surface area contributed by atoms with Gasteiger partial charge in [-0.05, 0) is 6.92 Å².